The largest absolute Gasteiger partial charge is 0.326 e. The van der Waals surface area contributed by atoms with Crippen LogP contribution in [0.25, 0.3) is 0 Å². The van der Waals surface area contributed by atoms with Crippen LogP contribution in [0.3, 0.4) is 0 Å². The molecule has 0 amide bonds. The molecule has 1 fully saturated rings. The molecule has 4 unspecified atom stereocenters. The van der Waals surface area contributed by atoms with Crippen molar-refractivity contribution in [2.45, 2.75) is 57.7 Å². The monoisotopic (exact) mass is 344 g/mol. The summed E-state index contributed by atoms with van der Waals surface area (Å²) in [5.41, 5.74) is 6.27. The van der Waals surface area contributed by atoms with Crippen LogP contribution in [0.1, 0.15) is 50.4 Å². The van der Waals surface area contributed by atoms with Crippen molar-refractivity contribution in [3.05, 3.63) is 20.8 Å². The lowest BCUT2D eigenvalue weighted by molar-refractivity contribution is 0.108. The summed E-state index contributed by atoms with van der Waals surface area (Å²) >= 11 is 5.38. The Morgan fingerprint density at radius 1 is 1.42 bits per heavy atom. The van der Waals surface area contributed by atoms with E-state index in [4.69, 9.17) is 5.73 Å². The average molecular weight is 345 g/mol. The molecular weight excluding hydrogens is 320 g/mol. The SMILES string of the molecule is CC1CCCC(N(C)C(c2ccc(Br)s2)C(C)N)C1. The van der Waals surface area contributed by atoms with Crippen molar-refractivity contribution in [1.29, 1.82) is 0 Å². The lowest BCUT2D eigenvalue weighted by Gasteiger charge is -2.40. The second-order valence-corrected chi connectivity index (χ2v) is 8.53. The Bertz CT molecular complexity index is 405. The Labute approximate surface area is 129 Å². The van der Waals surface area contributed by atoms with E-state index in [1.807, 2.05) is 11.3 Å². The van der Waals surface area contributed by atoms with Gasteiger partial charge in [-0.2, -0.15) is 0 Å². The van der Waals surface area contributed by atoms with Gasteiger partial charge >= 0.3 is 0 Å². The first-order chi connectivity index (χ1) is 8.99. The normalized spacial score (nSPS) is 27.5. The van der Waals surface area contributed by atoms with Crippen LogP contribution in [0, 0.1) is 5.92 Å². The first-order valence-corrected chi connectivity index (χ1v) is 8.82. The van der Waals surface area contributed by atoms with Crippen molar-refractivity contribution in [3.8, 4) is 0 Å². The number of hydrogen-bond donors (Lipinski definition) is 1. The molecule has 1 aromatic rings. The third-order valence-corrected chi connectivity index (χ3v) is 6.00. The van der Waals surface area contributed by atoms with Gasteiger partial charge in [-0.05, 0) is 60.8 Å². The van der Waals surface area contributed by atoms with Crippen molar-refractivity contribution in [1.82, 2.24) is 4.90 Å². The van der Waals surface area contributed by atoms with E-state index >= 15 is 0 Å². The molecular formula is C15H25BrN2S. The first kappa shape index (κ1) is 15.5. The maximum absolute atomic E-state index is 6.27. The number of hydrogen-bond acceptors (Lipinski definition) is 3. The molecule has 2 N–H and O–H groups in total. The highest BCUT2D eigenvalue weighted by atomic mass is 79.9. The number of halogens is 1. The second-order valence-electron chi connectivity index (χ2n) is 6.04. The predicted molar refractivity (Wildman–Crippen MR) is 87.6 cm³/mol. The van der Waals surface area contributed by atoms with Crippen LogP contribution in [0.15, 0.2) is 15.9 Å². The maximum atomic E-state index is 6.27. The number of thiophene rings is 1. The van der Waals surface area contributed by atoms with Crippen molar-refractivity contribution < 1.29 is 0 Å². The van der Waals surface area contributed by atoms with Crippen LogP contribution in [0.2, 0.25) is 0 Å². The van der Waals surface area contributed by atoms with Gasteiger partial charge in [0.2, 0.25) is 0 Å². The highest BCUT2D eigenvalue weighted by molar-refractivity contribution is 9.11. The Balaban J connectivity index is 2.14. The van der Waals surface area contributed by atoms with E-state index in [9.17, 15) is 0 Å². The maximum Gasteiger partial charge on any atom is 0.0702 e. The van der Waals surface area contributed by atoms with Gasteiger partial charge in [0, 0.05) is 17.0 Å². The molecule has 1 heterocycles. The average Bonchev–Trinajstić information content (AvgIpc) is 2.75. The van der Waals surface area contributed by atoms with Crippen molar-refractivity contribution in [2.24, 2.45) is 11.7 Å². The summed E-state index contributed by atoms with van der Waals surface area (Å²) < 4.78 is 1.19. The number of likely N-dealkylation sites (N-methyl/N-ethyl adjacent to an activating group) is 1. The summed E-state index contributed by atoms with van der Waals surface area (Å²) in [6, 6.07) is 5.53. The van der Waals surface area contributed by atoms with E-state index < -0.39 is 0 Å². The molecule has 1 aromatic heterocycles. The van der Waals surface area contributed by atoms with Crippen LogP contribution in [0.5, 0.6) is 0 Å². The minimum absolute atomic E-state index is 0.160. The molecule has 0 radical (unpaired) electrons. The molecule has 2 nitrogen and oxygen atoms in total. The lowest BCUT2D eigenvalue weighted by atomic mass is 9.85. The fourth-order valence-electron chi connectivity index (χ4n) is 3.32. The van der Waals surface area contributed by atoms with E-state index in [1.54, 1.807) is 0 Å². The molecule has 2 rings (SSSR count). The van der Waals surface area contributed by atoms with Gasteiger partial charge in [-0.1, -0.05) is 19.8 Å². The number of nitrogens with zero attached hydrogens (tertiary/aromatic N) is 1. The molecule has 108 valence electrons. The topological polar surface area (TPSA) is 29.3 Å². The molecule has 1 aliphatic carbocycles. The standard InChI is InChI=1S/C15H25BrN2S/c1-10-5-4-6-12(9-10)18(3)15(11(2)17)13-7-8-14(16)19-13/h7-8,10-12,15H,4-6,9,17H2,1-3H3. The lowest BCUT2D eigenvalue weighted by Crippen LogP contribution is -2.44. The van der Waals surface area contributed by atoms with Gasteiger partial charge in [-0.3, -0.25) is 4.90 Å². The molecule has 0 aromatic carbocycles. The van der Waals surface area contributed by atoms with Gasteiger partial charge in [0.1, 0.15) is 0 Å². The van der Waals surface area contributed by atoms with Gasteiger partial charge in [-0.25, -0.2) is 0 Å². The smallest absolute Gasteiger partial charge is 0.0702 e. The van der Waals surface area contributed by atoms with E-state index in [0.29, 0.717) is 12.1 Å². The van der Waals surface area contributed by atoms with Gasteiger partial charge in [0.05, 0.1) is 9.83 Å². The van der Waals surface area contributed by atoms with Crippen molar-refractivity contribution >= 4 is 27.3 Å². The first-order valence-electron chi connectivity index (χ1n) is 7.21. The summed E-state index contributed by atoms with van der Waals surface area (Å²) in [5, 5.41) is 0. The van der Waals surface area contributed by atoms with Crippen molar-refractivity contribution in [3.63, 3.8) is 0 Å². The second kappa shape index (κ2) is 6.70. The number of rotatable bonds is 4. The molecule has 0 spiro atoms. The summed E-state index contributed by atoms with van der Waals surface area (Å²) in [6.45, 7) is 4.50. The minimum atomic E-state index is 0.160. The van der Waals surface area contributed by atoms with Crippen molar-refractivity contribution in [2.75, 3.05) is 7.05 Å². The fraction of sp³-hybridized carbons (Fsp3) is 0.733. The van der Waals surface area contributed by atoms with E-state index in [2.05, 4.69) is 53.9 Å². The molecule has 1 aliphatic rings. The molecule has 0 bridgehead atoms. The molecule has 1 saturated carbocycles. The highest BCUT2D eigenvalue weighted by Gasteiger charge is 2.30. The summed E-state index contributed by atoms with van der Waals surface area (Å²) in [5.74, 6) is 0.852. The van der Waals surface area contributed by atoms with Crippen LogP contribution in [-0.2, 0) is 0 Å². The molecule has 19 heavy (non-hydrogen) atoms. The Morgan fingerprint density at radius 2 is 2.16 bits per heavy atom. The van der Waals surface area contributed by atoms with Crippen LogP contribution in [0.4, 0.5) is 0 Å². The quantitative estimate of drug-likeness (QED) is 0.876. The predicted octanol–water partition coefficient (Wildman–Crippen LogP) is 4.41. The fourth-order valence-corrected chi connectivity index (χ4v) is 5.01. The Hall–Kier alpha value is 0.1000. The molecule has 4 heteroatoms. The third kappa shape index (κ3) is 3.81. The summed E-state index contributed by atoms with van der Waals surface area (Å²) in [4.78, 5) is 3.90. The van der Waals surface area contributed by atoms with Crippen LogP contribution >= 0.6 is 27.3 Å². The Kier molecular flexibility index (Phi) is 5.46. The zero-order chi connectivity index (χ0) is 14.0. The molecule has 4 atom stereocenters. The van der Waals surface area contributed by atoms with Gasteiger partial charge in [0.15, 0.2) is 0 Å². The highest BCUT2D eigenvalue weighted by Crippen LogP contribution is 2.36. The molecule has 0 saturated heterocycles. The third-order valence-electron chi connectivity index (χ3n) is 4.31. The van der Waals surface area contributed by atoms with Gasteiger partial charge in [0.25, 0.3) is 0 Å². The zero-order valence-electron chi connectivity index (χ0n) is 12.1. The Morgan fingerprint density at radius 3 is 2.68 bits per heavy atom. The molecule has 0 aliphatic heterocycles. The van der Waals surface area contributed by atoms with Gasteiger partial charge < -0.3 is 5.73 Å². The van der Waals surface area contributed by atoms with E-state index in [0.717, 1.165) is 5.92 Å². The van der Waals surface area contributed by atoms with E-state index in [-0.39, 0.29) is 6.04 Å². The van der Waals surface area contributed by atoms with Crippen LogP contribution < -0.4 is 5.73 Å². The van der Waals surface area contributed by atoms with Crippen LogP contribution in [-0.4, -0.2) is 24.0 Å². The summed E-state index contributed by atoms with van der Waals surface area (Å²) in [7, 11) is 2.25. The summed E-state index contributed by atoms with van der Waals surface area (Å²) in [6.07, 6.45) is 5.37. The number of nitrogens with two attached hydrogens (primary N) is 1. The minimum Gasteiger partial charge on any atom is -0.326 e. The van der Waals surface area contributed by atoms with E-state index in [1.165, 1.54) is 34.3 Å². The zero-order valence-corrected chi connectivity index (χ0v) is 14.5. The van der Waals surface area contributed by atoms with Gasteiger partial charge in [-0.15, -0.1) is 11.3 Å².